The van der Waals surface area contributed by atoms with Crippen molar-refractivity contribution in [2.24, 2.45) is 5.92 Å². The number of ether oxygens (including phenoxy) is 1. The van der Waals surface area contributed by atoms with Crippen molar-refractivity contribution in [1.82, 2.24) is 10.2 Å². The summed E-state index contributed by atoms with van der Waals surface area (Å²) in [5.74, 6) is 1.19. The Labute approximate surface area is 209 Å². The second kappa shape index (κ2) is 7.05. The van der Waals surface area contributed by atoms with Gasteiger partial charge >= 0.3 is 0 Å². The average molecular weight is 487 g/mol. The second-order valence-corrected chi connectivity index (χ2v) is 11.6. The number of carbonyl (C=O) groups excluding carboxylic acids is 1. The molecule has 0 unspecified atom stereocenters. The Morgan fingerprint density at radius 1 is 1.14 bits per heavy atom. The minimum Gasteiger partial charge on any atom is -0.504 e. The van der Waals surface area contributed by atoms with Gasteiger partial charge in [-0.2, -0.15) is 0 Å². The standard InChI is InChI=1S/C29H30N2O5/c32-21-6-5-18-14-23-29(34)9-7-20(30-27(33)19-4-3-17-8-12-35-22(17)13-19)26-28(29,24(18)25(21)36-26)10-11-31(23)15-16-1-2-16/h3-6,8,12-13,16,20,23,26,32,34H,1-2,7,9-11,14-15H2,(H,30,33)/t20-,23-,26+,28+,29-/m1/s1. The number of fused-ring (bicyclic) bond motifs is 1. The number of hydrogen-bond donors (Lipinski definition) is 3. The van der Waals surface area contributed by atoms with E-state index in [1.807, 2.05) is 24.3 Å². The van der Waals surface area contributed by atoms with E-state index < -0.39 is 17.1 Å². The Hall–Kier alpha value is -3.03. The van der Waals surface area contributed by atoms with Crippen LogP contribution in [0.1, 0.15) is 53.6 Å². The van der Waals surface area contributed by atoms with E-state index in [1.54, 1.807) is 18.4 Å². The smallest absolute Gasteiger partial charge is 0.251 e. The highest BCUT2D eigenvalue weighted by atomic mass is 16.5. The van der Waals surface area contributed by atoms with Gasteiger partial charge in [0.25, 0.3) is 5.91 Å². The summed E-state index contributed by atoms with van der Waals surface area (Å²) in [7, 11) is 0. The van der Waals surface area contributed by atoms with Gasteiger partial charge in [-0.25, -0.2) is 0 Å². The number of rotatable bonds is 4. The third kappa shape index (κ3) is 2.62. The first-order valence-electron chi connectivity index (χ1n) is 13.2. The third-order valence-electron chi connectivity index (χ3n) is 9.80. The summed E-state index contributed by atoms with van der Waals surface area (Å²) in [4.78, 5) is 15.9. The number of aliphatic hydroxyl groups is 1. The summed E-state index contributed by atoms with van der Waals surface area (Å²) in [6.45, 7) is 1.94. The SMILES string of the molecule is O=C(N[C@@H]1CC[C@@]2(O)[C@H]3Cc4ccc(O)c5c4[C@@]2(CCN3CC2CC2)[C@H]1O5)c1ccc2ccoc2c1. The normalized spacial score (nSPS) is 34.3. The van der Waals surface area contributed by atoms with E-state index in [-0.39, 0.29) is 23.7 Å². The Kier molecular flexibility index (Phi) is 4.13. The minimum atomic E-state index is -0.953. The summed E-state index contributed by atoms with van der Waals surface area (Å²) in [5.41, 5.74) is 1.77. The Balaban J connectivity index is 1.18. The molecule has 1 saturated heterocycles. The molecule has 7 nitrogen and oxygen atoms in total. The van der Waals surface area contributed by atoms with Crippen LogP contribution in [0.15, 0.2) is 47.1 Å². The number of hydrogen-bond acceptors (Lipinski definition) is 6. The van der Waals surface area contributed by atoms with Gasteiger partial charge in [0.15, 0.2) is 11.5 Å². The van der Waals surface area contributed by atoms with Crippen molar-refractivity contribution in [3.63, 3.8) is 0 Å². The van der Waals surface area contributed by atoms with Gasteiger partial charge < -0.3 is 24.7 Å². The first-order valence-corrected chi connectivity index (χ1v) is 13.2. The number of phenols is 1. The number of aromatic hydroxyl groups is 1. The van der Waals surface area contributed by atoms with Gasteiger partial charge in [-0.3, -0.25) is 9.69 Å². The molecule has 3 N–H and O–H groups in total. The minimum absolute atomic E-state index is 0.0268. The number of benzene rings is 2. The topological polar surface area (TPSA) is 95.2 Å². The predicted molar refractivity (Wildman–Crippen MR) is 132 cm³/mol. The van der Waals surface area contributed by atoms with Crippen LogP contribution in [0.3, 0.4) is 0 Å². The van der Waals surface area contributed by atoms with Gasteiger partial charge in [-0.1, -0.05) is 12.1 Å². The van der Waals surface area contributed by atoms with E-state index >= 15 is 0 Å². The van der Waals surface area contributed by atoms with Gasteiger partial charge in [0.2, 0.25) is 0 Å². The van der Waals surface area contributed by atoms with Crippen LogP contribution in [0.5, 0.6) is 11.5 Å². The number of piperidine rings is 1. The number of amides is 1. The number of nitrogens with one attached hydrogen (secondary N) is 1. The molecule has 5 atom stereocenters. The molecule has 3 aromatic rings. The van der Waals surface area contributed by atoms with Crippen LogP contribution in [0.4, 0.5) is 0 Å². The number of carbonyl (C=O) groups is 1. The molecule has 3 aliphatic carbocycles. The molecule has 3 fully saturated rings. The molecular formula is C29H30N2O5. The third-order valence-corrected chi connectivity index (χ3v) is 9.80. The first kappa shape index (κ1) is 21.1. The summed E-state index contributed by atoms with van der Waals surface area (Å²) in [6, 6.07) is 10.8. The molecular weight excluding hydrogens is 456 g/mol. The fourth-order valence-electron chi connectivity index (χ4n) is 7.98. The fraction of sp³-hybridized carbons (Fsp3) is 0.483. The van der Waals surface area contributed by atoms with E-state index in [0.29, 0.717) is 29.7 Å². The lowest BCUT2D eigenvalue weighted by Crippen LogP contribution is -2.78. The molecule has 1 amide bonds. The second-order valence-electron chi connectivity index (χ2n) is 11.6. The van der Waals surface area contributed by atoms with E-state index in [0.717, 1.165) is 48.4 Å². The lowest BCUT2D eigenvalue weighted by Gasteiger charge is -2.64. The van der Waals surface area contributed by atoms with Gasteiger partial charge in [0.1, 0.15) is 11.7 Å². The zero-order valence-corrected chi connectivity index (χ0v) is 20.1. The number of furan rings is 1. The molecule has 7 heteroatoms. The molecule has 3 heterocycles. The molecule has 1 aromatic heterocycles. The highest BCUT2D eigenvalue weighted by Crippen LogP contribution is 2.65. The van der Waals surface area contributed by atoms with Crippen molar-refractivity contribution in [3.8, 4) is 11.5 Å². The molecule has 8 rings (SSSR count). The van der Waals surface area contributed by atoms with Crippen LogP contribution in [-0.4, -0.2) is 57.9 Å². The maximum atomic E-state index is 13.4. The lowest BCUT2D eigenvalue weighted by atomic mass is 9.48. The summed E-state index contributed by atoms with van der Waals surface area (Å²) in [6.07, 6.45) is 6.49. The zero-order valence-electron chi connectivity index (χ0n) is 20.1. The Morgan fingerprint density at radius 3 is 2.89 bits per heavy atom. The fourth-order valence-corrected chi connectivity index (χ4v) is 7.98. The van der Waals surface area contributed by atoms with Crippen LogP contribution in [0.2, 0.25) is 0 Å². The van der Waals surface area contributed by atoms with Crippen molar-refractivity contribution in [2.45, 2.75) is 67.7 Å². The molecule has 1 spiro atoms. The van der Waals surface area contributed by atoms with E-state index in [4.69, 9.17) is 9.15 Å². The Bertz CT molecular complexity index is 1410. The van der Waals surface area contributed by atoms with Crippen LogP contribution in [0.25, 0.3) is 11.0 Å². The first-order chi connectivity index (χ1) is 17.5. The van der Waals surface area contributed by atoms with Gasteiger partial charge in [0.05, 0.1) is 23.3 Å². The van der Waals surface area contributed by atoms with Crippen molar-refractivity contribution < 1.29 is 24.2 Å². The maximum Gasteiger partial charge on any atom is 0.251 e. The molecule has 0 radical (unpaired) electrons. The van der Waals surface area contributed by atoms with Crippen LogP contribution < -0.4 is 10.1 Å². The molecule has 2 saturated carbocycles. The zero-order chi connectivity index (χ0) is 24.2. The number of phenolic OH excluding ortho intramolecular Hbond substituents is 1. The molecule has 2 aliphatic heterocycles. The number of likely N-dealkylation sites (tertiary alicyclic amines) is 1. The molecule has 2 aromatic carbocycles. The quantitative estimate of drug-likeness (QED) is 0.523. The average Bonchev–Trinajstić information content (AvgIpc) is 3.42. The monoisotopic (exact) mass is 486 g/mol. The van der Waals surface area contributed by atoms with Crippen molar-refractivity contribution >= 4 is 16.9 Å². The highest BCUT2D eigenvalue weighted by Gasteiger charge is 2.73. The summed E-state index contributed by atoms with van der Waals surface area (Å²) < 4.78 is 12.0. The largest absolute Gasteiger partial charge is 0.504 e. The maximum absolute atomic E-state index is 13.4. The molecule has 2 bridgehead atoms. The Morgan fingerprint density at radius 2 is 2.03 bits per heavy atom. The van der Waals surface area contributed by atoms with Gasteiger partial charge in [0, 0.05) is 29.1 Å². The van der Waals surface area contributed by atoms with Gasteiger partial charge in [-0.05, 0) is 80.8 Å². The van der Waals surface area contributed by atoms with E-state index in [2.05, 4.69) is 10.2 Å². The predicted octanol–water partition coefficient (Wildman–Crippen LogP) is 3.50. The van der Waals surface area contributed by atoms with E-state index in [9.17, 15) is 15.0 Å². The van der Waals surface area contributed by atoms with Gasteiger partial charge in [-0.15, -0.1) is 0 Å². The van der Waals surface area contributed by atoms with E-state index in [1.165, 1.54) is 12.8 Å². The lowest BCUT2D eigenvalue weighted by molar-refractivity contribution is -0.191. The molecule has 36 heavy (non-hydrogen) atoms. The van der Waals surface area contributed by atoms with Crippen molar-refractivity contribution in [3.05, 3.63) is 59.4 Å². The summed E-state index contributed by atoms with van der Waals surface area (Å²) in [5, 5.41) is 27.5. The van der Waals surface area contributed by atoms with Crippen LogP contribution >= 0.6 is 0 Å². The van der Waals surface area contributed by atoms with Crippen LogP contribution in [0, 0.1) is 5.92 Å². The highest BCUT2D eigenvalue weighted by molar-refractivity contribution is 5.97. The summed E-state index contributed by atoms with van der Waals surface area (Å²) >= 11 is 0. The molecule has 5 aliphatic rings. The number of nitrogens with zero attached hydrogens (tertiary/aromatic N) is 1. The van der Waals surface area contributed by atoms with Crippen molar-refractivity contribution in [2.75, 3.05) is 13.1 Å². The van der Waals surface area contributed by atoms with Crippen molar-refractivity contribution in [1.29, 1.82) is 0 Å². The van der Waals surface area contributed by atoms with Crippen LogP contribution in [-0.2, 0) is 11.8 Å². The molecule has 186 valence electrons.